The summed E-state index contributed by atoms with van der Waals surface area (Å²) in [5.74, 6) is 0.351. The number of hydrogen-bond acceptors (Lipinski definition) is 4. The van der Waals surface area contributed by atoms with Crippen LogP contribution < -0.4 is 15.2 Å². The van der Waals surface area contributed by atoms with E-state index >= 15 is 0 Å². The summed E-state index contributed by atoms with van der Waals surface area (Å²) >= 11 is 11.9. The van der Waals surface area contributed by atoms with E-state index in [1.54, 1.807) is 12.1 Å². The maximum absolute atomic E-state index is 12.0. The van der Waals surface area contributed by atoms with Gasteiger partial charge in [-0.2, -0.15) is 0 Å². The van der Waals surface area contributed by atoms with Gasteiger partial charge in [0.25, 0.3) is 0 Å². The zero-order chi connectivity index (χ0) is 15.6. The highest BCUT2D eigenvalue weighted by molar-refractivity contribution is 7.89. The topological polar surface area (TPSA) is 81.4 Å². The lowest BCUT2D eigenvalue weighted by Crippen LogP contribution is -2.19. The van der Waals surface area contributed by atoms with Gasteiger partial charge < -0.3 is 10.5 Å². The Balaban J connectivity index is 2.52. The Bertz CT molecular complexity index is 779. The van der Waals surface area contributed by atoms with Gasteiger partial charge in [-0.05, 0) is 37.4 Å². The summed E-state index contributed by atoms with van der Waals surface area (Å²) in [7, 11) is -2.43. The Labute approximate surface area is 132 Å². The lowest BCUT2D eigenvalue weighted by molar-refractivity contribution is 0.467. The Morgan fingerprint density at radius 2 is 1.81 bits per heavy atom. The summed E-state index contributed by atoms with van der Waals surface area (Å²) in [5, 5.41) is 0.729. The minimum absolute atomic E-state index is 0.0824. The molecule has 0 unspecified atom stereocenters. The first-order valence-corrected chi connectivity index (χ1v) is 8.03. The summed E-state index contributed by atoms with van der Waals surface area (Å²) in [5.41, 5.74) is 5.93. The molecule has 2 rings (SSSR count). The van der Waals surface area contributed by atoms with Crippen molar-refractivity contribution in [2.45, 2.75) is 4.90 Å². The summed E-state index contributed by atoms with van der Waals surface area (Å²) in [4.78, 5) is -0.0824. The van der Waals surface area contributed by atoms with Crippen LogP contribution in [0.2, 0.25) is 10.0 Å². The Kier molecular flexibility index (Phi) is 4.63. The van der Waals surface area contributed by atoms with Crippen molar-refractivity contribution in [3.05, 3.63) is 46.4 Å². The number of ether oxygens (including phenoxy) is 1. The van der Waals surface area contributed by atoms with Crippen molar-refractivity contribution in [2.24, 2.45) is 0 Å². The number of nitrogens with one attached hydrogen (secondary N) is 1. The number of hydrogen-bond donors (Lipinski definition) is 2. The van der Waals surface area contributed by atoms with Crippen LogP contribution in [0, 0.1) is 0 Å². The van der Waals surface area contributed by atoms with Gasteiger partial charge in [-0.3, -0.25) is 0 Å². The number of anilines is 1. The molecule has 0 amide bonds. The quantitative estimate of drug-likeness (QED) is 0.832. The Hall–Kier alpha value is -1.47. The first-order chi connectivity index (χ1) is 9.83. The van der Waals surface area contributed by atoms with Crippen LogP contribution in [0.4, 0.5) is 5.69 Å². The number of nitrogens with two attached hydrogens (primary N) is 1. The van der Waals surface area contributed by atoms with Gasteiger partial charge in [0.05, 0.1) is 5.02 Å². The maximum Gasteiger partial charge on any atom is 0.244 e. The van der Waals surface area contributed by atoms with E-state index in [1.165, 1.54) is 31.3 Å². The molecular weight excluding hydrogens is 335 g/mol. The van der Waals surface area contributed by atoms with E-state index in [4.69, 9.17) is 33.7 Å². The molecule has 0 aliphatic heterocycles. The molecule has 3 N–H and O–H groups in total. The molecule has 8 heteroatoms. The minimum Gasteiger partial charge on any atom is -0.454 e. The van der Waals surface area contributed by atoms with E-state index in [1.807, 2.05) is 0 Å². The molecule has 2 aromatic rings. The van der Waals surface area contributed by atoms with Crippen LogP contribution >= 0.6 is 23.2 Å². The van der Waals surface area contributed by atoms with Crippen LogP contribution in [0.1, 0.15) is 0 Å². The molecule has 0 fully saturated rings. The molecule has 0 radical (unpaired) electrons. The average molecular weight is 347 g/mol. The summed E-state index contributed by atoms with van der Waals surface area (Å²) in [6.07, 6.45) is 0. The maximum atomic E-state index is 12.0. The molecule has 0 atom stereocenters. The molecule has 0 saturated heterocycles. The third-order valence-corrected chi connectivity index (χ3v) is 4.62. The van der Waals surface area contributed by atoms with Crippen LogP contribution in [-0.4, -0.2) is 15.5 Å². The molecule has 0 heterocycles. The van der Waals surface area contributed by atoms with Crippen molar-refractivity contribution in [2.75, 3.05) is 12.8 Å². The molecule has 21 heavy (non-hydrogen) atoms. The second-order valence-electron chi connectivity index (χ2n) is 4.09. The van der Waals surface area contributed by atoms with Crippen molar-refractivity contribution in [3.8, 4) is 11.5 Å². The number of halogens is 2. The predicted molar refractivity (Wildman–Crippen MR) is 83.6 cm³/mol. The van der Waals surface area contributed by atoms with Gasteiger partial charge in [-0.1, -0.05) is 23.2 Å². The molecule has 0 spiro atoms. The van der Waals surface area contributed by atoms with Crippen LogP contribution in [0.3, 0.4) is 0 Å². The SMILES string of the molecule is CNS(=O)(=O)c1cc(N)ccc1Oc1cc(Cl)ccc1Cl. The van der Waals surface area contributed by atoms with Crippen molar-refractivity contribution >= 4 is 38.9 Å². The standard InChI is InChI=1S/C13H12Cl2N2O3S/c1-17-21(18,19)13-7-9(16)3-5-11(13)20-12-6-8(14)2-4-10(12)15/h2-7,17H,16H2,1H3. The van der Waals surface area contributed by atoms with E-state index < -0.39 is 10.0 Å². The first kappa shape index (κ1) is 15.9. The predicted octanol–water partition coefficient (Wildman–Crippen LogP) is 3.28. The highest BCUT2D eigenvalue weighted by Crippen LogP contribution is 2.35. The van der Waals surface area contributed by atoms with E-state index in [9.17, 15) is 8.42 Å². The van der Waals surface area contributed by atoms with Crippen molar-refractivity contribution < 1.29 is 13.2 Å². The minimum atomic E-state index is -3.73. The average Bonchev–Trinajstić information content (AvgIpc) is 2.44. The van der Waals surface area contributed by atoms with E-state index in [0.29, 0.717) is 15.7 Å². The fourth-order valence-electron chi connectivity index (χ4n) is 1.60. The van der Waals surface area contributed by atoms with Gasteiger partial charge in [-0.25, -0.2) is 13.1 Å². The lowest BCUT2D eigenvalue weighted by atomic mass is 10.3. The van der Waals surface area contributed by atoms with Crippen molar-refractivity contribution in [1.82, 2.24) is 4.72 Å². The Morgan fingerprint density at radius 3 is 2.48 bits per heavy atom. The zero-order valence-corrected chi connectivity index (χ0v) is 13.3. The second-order valence-corrected chi connectivity index (χ2v) is 6.79. The number of benzene rings is 2. The van der Waals surface area contributed by atoms with Crippen molar-refractivity contribution in [3.63, 3.8) is 0 Å². The van der Waals surface area contributed by atoms with Gasteiger partial charge >= 0.3 is 0 Å². The monoisotopic (exact) mass is 346 g/mol. The Morgan fingerprint density at radius 1 is 1.10 bits per heavy atom. The highest BCUT2D eigenvalue weighted by atomic mass is 35.5. The number of nitrogen functional groups attached to an aromatic ring is 1. The largest absolute Gasteiger partial charge is 0.454 e. The molecular formula is C13H12Cl2N2O3S. The number of rotatable bonds is 4. The molecule has 0 aliphatic rings. The smallest absolute Gasteiger partial charge is 0.244 e. The number of sulfonamides is 1. The molecule has 0 saturated carbocycles. The normalized spacial score (nSPS) is 11.4. The van der Waals surface area contributed by atoms with E-state index in [-0.39, 0.29) is 16.4 Å². The summed E-state index contributed by atoms with van der Waals surface area (Å²) < 4.78 is 31.8. The summed E-state index contributed by atoms with van der Waals surface area (Å²) in [6.45, 7) is 0. The van der Waals surface area contributed by atoms with Crippen LogP contribution in [0.25, 0.3) is 0 Å². The molecule has 0 bridgehead atoms. The zero-order valence-electron chi connectivity index (χ0n) is 10.9. The lowest BCUT2D eigenvalue weighted by Gasteiger charge is -2.13. The molecule has 0 aromatic heterocycles. The van der Waals surface area contributed by atoms with Crippen LogP contribution in [0.5, 0.6) is 11.5 Å². The van der Waals surface area contributed by atoms with E-state index in [2.05, 4.69) is 4.72 Å². The fraction of sp³-hybridized carbons (Fsp3) is 0.0769. The fourth-order valence-corrected chi connectivity index (χ4v) is 2.81. The van der Waals surface area contributed by atoms with Gasteiger partial charge in [0.1, 0.15) is 16.4 Å². The molecule has 5 nitrogen and oxygen atoms in total. The first-order valence-electron chi connectivity index (χ1n) is 5.79. The van der Waals surface area contributed by atoms with Gasteiger partial charge in [0.2, 0.25) is 10.0 Å². The highest BCUT2D eigenvalue weighted by Gasteiger charge is 2.19. The van der Waals surface area contributed by atoms with Gasteiger partial charge in [0, 0.05) is 16.8 Å². The third kappa shape index (κ3) is 3.59. The van der Waals surface area contributed by atoms with Gasteiger partial charge in [0.15, 0.2) is 0 Å². The van der Waals surface area contributed by atoms with Crippen molar-refractivity contribution in [1.29, 1.82) is 0 Å². The van der Waals surface area contributed by atoms with E-state index in [0.717, 1.165) is 0 Å². The second kappa shape index (κ2) is 6.11. The molecule has 2 aromatic carbocycles. The van der Waals surface area contributed by atoms with Crippen LogP contribution in [-0.2, 0) is 10.0 Å². The van der Waals surface area contributed by atoms with Crippen LogP contribution in [0.15, 0.2) is 41.3 Å². The summed E-state index contributed by atoms with van der Waals surface area (Å²) in [6, 6.07) is 8.95. The molecule has 0 aliphatic carbocycles. The third-order valence-electron chi connectivity index (χ3n) is 2.64. The van der Waals surface area contributed by atoms with Gasteiger partial charge in [-0.15, -0.1) is 0 Å². The molecule has 112 valence electrons.